The van der Waals surface area contributed by atoms with Crippen molar-refractivity contribution in [3.8, 4) is 0 Å². The summed E-state index contributed by atoms with van der Waals surface area (Å²) in [6, 6.07) is 14.1. The third kappa shape index (κ3) is 8.46. The molecule has 0 saturated carbocycles. The van der Waals surface area contributed by atoms with Gasteiger partial charge in [0.25, 0.3) is 0 Å². The first-order valence-corrected chi connectivity index (χ1v) is 11.9. The highest BCUT2D eigenvalue weighted by Crippen LogP contribution is 2.23. The lowest BCUT2D eigenvalue weighted by molar-refractivity contribution is -0.136. The van der Waals surface area contributed by atoms with Crippen LogP contribution in [-0.2, 0) is 16.0 Å². The van der Waals surface area contributed by atoms with Gasteiger partial charge in [-0.15, -0.1) is 0 Å². The number of ketones is 1. The average molecular weight is 527 g/mol. The highest BCUT2D eigenvalue weighted by Gasteiger charge is 2.23. The number of nitrogens with one attached hydrogen (secondary N) is 3. The molecule has 0 aliphatic heterocycles. The second kappa shape index (κ2) is 12.7. The number of Topliss-reactive ketones (excluding diaryl/α,β-unsaturated/α-hetero) is 1. The monoisotopic (exact) mass is 526 g/mol. The number of carbonyl (C=O) groups excluding carboxylic acids is 3. The SMILES string of the molecule is CC(C)CC(NC(=O)Cc1ccc(NC(=O)Nc2ccccc2Cl)cc1)c1cc(C(=O)CC(=O)O)on1. The molecule has 0 radical (unpaired) electrons. The Morgan fingerprint density at radius 3 is 2.38 bits per heavy atom. The lowest BCUT2D eigenvalue weighted by Crippen LogP contribution is -2.31. The van der Waals surface area contributed by atoms with Gasteiger partial charge in [-0.3, -0.25) is 14.4 Å². The van der Waals surface area contributed by atoms with Crippen LogP contribution < -0.4 is 16.0 Å². The van der Waals surface area contributed by atoms with Crippen molar-refractivity contribution in [2.75, 3.05) is 10.6 Å². The number of halogens is 1. The Balaban J connectivity index is 1.58. The molecule has 11 heteroatoms. The first-order valence-electron chi connectivity index (χ1n) is 11.5. The molecule has 0 aliphatic rings. The normalized spacial score (nSPS) is 11.6. The molecule has 1 atom stereocenters. The molecule has 194 valence electrons. The number of carbonyl (C=O) groups is 4. The van der Waals surface area contributed by atoms with E-state index in [0.29, 0.717) is 28.5 Å². The molecule has 3 rings (SSSR count). The molecule has 3 aromatic rings. The van der Waals surface area contributed by atoms with Gasteiger partial charge in [0, 0.05) is 11.8 Å². The fraction of sp³-hybridized carbons (Fsp3) is 0.269. The molecule has 1 unspecified atom stereocenters. The minimum Gasteiger partial charge on any atom is -0.481 e. The Morgan fingerprint density at radius 2 is 1.73 bits per heavy atom. The maximum absolute atomic E-state index is 12.8. The van der Waals surface area contributed by atoms with Crippen LogP contribution in [0.25, 0.3) is 0 Å². The first-order chi connectivity index (χ1) is 17.6. The van der Waals surface area contributed by atoms with E-state index in [2.05, 4.69) is 21.1 Å². The molecular weight excluding hydrogens is 500 g/mol. The summed E-state index contributed by atoms with van der Waals surface area (Å²) >= 11 is 6.05. The Bertz CT molecular complexity index is 1270. The number of amides is 3. The fourth-order valence-electron chi connectivity index (χ4n) is 3.52. The van der Waals surface area contributed by atoms with Gasteiger partial charge in [0.1, 0.15) is 12.1 Å². The Morgan fingerprint density at radius 1 is 1.03 bits per heavy atom. The molecule has 10 nitrogen and oxygen atoms in total. The zero-order valence-corrected chi connectivity index (χ0v) is 21.0. The molecule has 2 aromatic carbocycles. The fourth-order valence-corrected chi connectivity index (χ4v) is 3.70. The van der Waals surface area contributed by atoms with Crippen LogP contribution in [0.4, 0.5) is 16.2 Å². The number of carboxylic acids is 1. The van der Waals surface area contributed by atoms with Crippen molar-refractivity contribution in [2.45, 2.75) is 39.2 Å². The van der Waals surface area contributed by atoms with Gasteiger partial charge in [0.05, 0.1) is 23.2 Å². The van der Waals surface area contributed by atoms with Gasteiger partial charge in [0.15, 0.2) is 0 Å². The molecule has 0 saturated heterocycles. The number of anilines is 2. The van der Waals surface area contributed by atoms with Crippen molar-refractivity contribution in [1.82, 2.24) is 10.5 Å². The molecule has 3 amide bonds. The third-order valence-corrected chi connectivity index (χ3v) is 5.54. The van der Waals surface area contributed by atoms with Crippen molar-refractivity contribution in [1.29, 1.82) is 0 Å². The van der Waals surface area contributed by atoms with Crippen LogP contribution in [-0.4, -0.2) is 34.0 Å². The summed E-state index contributed by atoms with van der Waals surface area (Å²) in [5.41, 5.74) is 2.08. The van der Waals surface area contributed by atoms with E-state index in [1.807, 2.05) is 13.8 Å². The van der Waals surface area contributed by atoms with Gasteiger partial charge >= 0.3 is 12.0 Å². The highest BCUT2D eigenvalue weighted by molar-refractivity contribution is 6.33. The lowest BCUT2D eigenvalue weighted by Gasteiger charge is -2.18. The number of aliphatic carboxylic acids is 1. The maximum atomic E-state index is 12.8. The van der Waals surface area contributed by atoms with E-state index >= 15 is 0 Å². The van der Waals surface area contributed by atoms with Gasteiger partial charge in [-0.05, 0) is 42.2 Å². The Kier molecular flexibility index (Phi) is 9.39. The molecule has 0 aliphatic carbocycles. The standard InChI is InChI=1S/C26H27ClN4O6/c1-15(2)11-20(21-13-23(37-31-21)22(32)14-25(34)35)29-24(33)12-16-7-9-17(10-8-16)28-26(36)30-19-6-4-3-5-18(19)27/h3-10,13,15,20H,11-12,14H2,1-2H3,(H,29,33)(H,34,35)(H2,28,30,36). The molecular formula is C26H27ClN4O6. The second-order valence-electron chi connectivity index (χ2n) is 8.79. The number of hydrogen-bond acceptors (Lipinski definition) is 6. The van der Waals surface area contributed by atoms with E-state index in [9.17, 15) is 19.2 Å². The molecule has 4 N–H and O–H groups in total. The van der Waals surface area contributed by atoms with Crippen LogP contribution in [0.1, 0.15) is 54.5 Å². The van der Waals surface area contributed by atoms with Crippen LogP contribution in [0.2, 0.25) is 5.02 Å². The number of aromatic nitrogens is 1. The zero-order valence-electron chi connectivity index (χ0n) is 20.3. The maximum Gasteiger partial charge on any atom is 0.323 e. The number of para-hydroxylation sites is 1. The summed E-state index contributed by atoms with van der Waals surface area (Å²) in [6.07, 6.45) is -0.0973. The molecule has 0 fully saturated rings. The average Bonchev–Trinajstić information content (AvgIpc) is 3.31. The minimum absolute atomic E-state index is 0.0728. The topological polar surface area (TPSA) is 151 Å². The molecule has 1 heterocycles. The van der Waals surface area contributed by atoms with Crippen molar-refractivity contribution in [2.24, 2.45) is 5.92 Å². The van der Waals surface area contributed by atoms with Crippen LogP contribution in [0.15, 0.2) is 59.1 Å². The smallest absolute Gasteiger partial charge is 0.323 e. The summed E-state index contributed by atoms with van der Waals surface area (Å²) in [5.74, 6) is -2.21. The molecule has 1 aromatic heterocycles. The van der Waals surface area contributed by atoms with E-state index in [1.54, 1.807) is 48.5 Å². The largest absolute Gasteiger partial charge is 0.481 e. The number of benzene rings is 2. The third-order valence-electron chi connectivity index (χ3n) is 5.21. The number of rotatable bonds is 11. The van der Waals surface area contributed by atoms with Crippen LogP contribution >= 0.6 is 11.6 Å². The molecule has 0 spiro atoms. The van der Waals surface area contributed by atoms with E-state index < -0.39 is 30.2 Å². The van der Waals surface area contributed by atoms with Crippen molar-refractivity contribution in [3.05, 3.63) is 76.6 Å². The summed E-state index contributed by atoms with van der Waals surface area (Å²) < 4.78 is 5.02. The summed E-state index contributed by atoms with van der Waals surface area (Å²) in [4.78, 5) is 47.7. The Hall–Kier alpha value is -4.18. The summed E-state index contributed by atoms with van der Waals surface area (Å²) in [7, 11) is 0. The second-order valence-corrected chi connectivity index (χ2v) is 9.20. The zero-order chi connectivity index (χ0) is 26.9. The number of urea groups is 1. The van der Waals surface area contributed by atoms with E-state index in [-0.39, 0.29) is 24.0 Å². The molecule has 0 bridgehead atoms. The van der Waals surface area contributed by atoms with E-state index in [0.717, 1.165) is 5.56 Å². The number of hydrogen-bond donors (Lipinski definition) is 4. The van der Waals surface area contributed by atoms with Crippen molar-refractivity contribution in [3.63, 3.8) is 0 Å². The predicted molar refractivity (Wildman–Crippen MR) is 138 cm³/mol. The summed E-state index contributed by atoms with van der Waals surface area (Å²) in [5, 5.41) is 21.4. The minimum atomic E-state index is -1.27. The molecule has 37 heavy (non-hydrogen) atoms. The highest BCUT2D eigenvalue weighted by atomic mass is 35.5. The van der Waals surface area contributed by atoms with Gasteiger partial charge in [-0.25, -0.2) is 4.79 Å². The quantitative estimate of drug-likeness (QED) is 0.201. The number of carboxylic acid groups (broad SMARTS) is 1. The Labute approximate surface area is 218 Å². The van der Waals surface area contributed by atoms with Gasteiger partial charge in [-0.2, -0.15) is 0 Å². The van der Waals surface area contributed by atoms with Crippen LogP contribution in [0.5, 0.6) is 0 Å². The summed E-state index contributed by atoms with van der Waals surface area (Å²) in [6.45, 7) is 3.95. The van der Waals surface area contributed by atoms with E-state index in [1.165, 1.54) is 6.07 Å². The van der Waals surface area contributed by atoms with Gasteiger partial charge in [0.2, 0.25) is 17.5 Å². The van der Waals surface area contributed by atoms with Gasteiger partial charge < -0.3 is 25.6 Å². The van der Waals surface area contributed by atoms with Crippen LogP contribution in [0.3, 0.4) is 0 Å². The lowest BCUT2D eigenvalue weighted by atomic mass is 10.00. The van der Waals surface area contributed by atoms with E-state index in [4.69, 9.17) is 21.2 Å². The van der Waals surface area contributed by atoms with Crippen molar-refractivity contribution < 1.29 is 28.8 Å². The predicted octanol–water partition coefficient (Wildman–Crippen LogP) is 5.08. The van der Waals surface area contributed by atoms with Crippen molar-refractivity contribution >= 4 is 46.7 Å². The number of nitrogens with zero attached hydrogens (tertiary/aromatic N) is 1. The van der Waals surface area contributed by atoms with Gasteiger partial charge in [-0.1, -0.05) is 54.9 Å². The first kappa shape index (κ1) is 27.4. The van der Waals surface area contributed by atoms with Crippen LogP contribution in [0, 0.1) is 5.92 Å².